The van der Waals surface area contributed by atoms with Crippen LogP contribution in [0.1, 0.15) is 5.56 Å². The molecule has 0 radical (unpaired) electrons. The number of thioether (sulfide) groups is 1. The molecular formula is C15H12Br2OS. The minimum Gasteiger partial charge on any atom is -0.298 e. The van der Waals surface area contributed by atoms with Gasteiger partial charge < -0.3 is 0 Å². The molecule has 0 saturated heterocycles. The van der Waals surface area contributed by atoms with E-state index in [1.165, 1.54) is 0 Å². The molecule has 0 atom stereocenters. The Kier molecular flexibility index (Phi) is 5.67. The molecule has 0 heterocycles. The van der Waals surface area contributed by atoms with E-state index in [0.717, 1.165) is 19.4 Å². The van der Waals surface area contributed by atoms with E-state index in [-0.39, 0.29) is 5.78 Å². The summed E-state index contributed by atoms with van der Waals surface area (Å²) in [4.78, 5) is 13.0. The van der Waals surface area contributed by atoms with Gasteiger partial charge in [0.25, 0.3) is 0 Å². The first-order valence-electron chi connectivity index (χ1n) is 5.78. The van der Waals surface area contributed by atoms with Crippen LogP contribution in [-0.4, -0.2) is 11.5 Å². The molecule has 0 aliphatic carbocycles. The predicted octanol–water partition coefficient (Wildman–Crippen LogP) is 5.12. The molecule has 98 valence electrons. The lowest BCUT2D eigenvalue weighted by Crippen LogP contribution is -2.05. The fraction of sp³-hybridized carbons (Fsp3) is 0.133. The molecule has 2 rings (SSSR count). The van der Waals surface area contributed by atoms with Gasteiger partial charge in [0.2, 0.25) is 0 Å². The van der Waals surface area contributed by atoms with Crippen LogP contribution in [0.2, 0.25) is 0 Å². The molecule has 1 nitrogen and oxygen atoms in total. The Morgan fingerprint density at radius 3 is 2.42 bits per heavy atom. The molecule has 0 aliphatic rings. The first-order valence-corrected chi connectivity index (χ1v) is 8.35. The Balaban J connectivity index is 1.86. The van der Waals surface area contributed by atoms with Crippen LogP contribution in [0.5, 0.6) is 0 Å². The van der Waals surface area contributed by atoms with Crippen molar-refractivity contribution in [2.45, 2.75) is 11.3 Å². The van der Waals surface area contributed by atoms with Crippen LogP contribution < -0.4 is 0 Å². The molecule has 0 N–H and O–H groups in total. The standard InChI is InChI=1S/C15H12Br2OS/c16-12-6-4-11(5-7-12)8-14(18)10-19-15-3-1-2-13(17)9-15/h1-7,9H,8,10H2. The number of carbonyl (C=O) groups excluding carboxylic acids is 1. The Bertz CT molecular complexity index is 567. The molecular weight excluding hydrogens is 388 g/mol. The van der Waals surface area contributed by atoms with E-state index in [1.54, 1.807) is 11.8 Å². The molecule has 0 spiro atoms. The van der Waals surface area contributed by atoms with Crippen LogP contribution in [0.4, 0.5) is 0 Å². The molecule has 4 heteroatoms. The van der Waals surface area contributed by atoms with Gasteiger partial charge in [-0.1, -0.05) is 50.1 Å². The maximum absolute atomic E-state index is 11.9. The molecule has 0 aliphatic heterocycles. The molecule has 19 heavy (non-hydrogen) atoms. The van der Waals surface area contributed by atoms with E-state index in [9.17, 15) is 4.79 Å². The van der Waals surface area contributed by atoms with Crippen molar-refractivity contribution in [1.29, 1.82) is 0 Å². The van der Waals surface area contributed by atoms with Crippen molar-refractivity contribution in [1.82, 2.24) is 0 Å². The number of ketones is 1. The maximum atomic E-state index is 11.9. The smallest absolute Gasteiger partial charge is 0.147 e. The summed E-state index contributed by atoms with van der Waals surface area (Å²) in [6.07, 6.45) is 0.494. The fourth-order valence-electron chi connectivity index (χ4n) is 1.60. The molecule has 2 aromatic rings. The lowest BCUT2D eigenvalue weighted by molar-refractivity contribution is -0.116. The number of hydrogen-bond acceptors (Lipinski definition) is 2. The van der Waals surface area contributed by atoms with E-state index in [0.29, 0.717) is 12.2 Å². The Morgan fingerprint density at radius 2 is 1.74 bits per heavy atom. The highest BCUT2D eigenvalue weighted by Gasteiger charge is 2.05. The van der Waals surface area contributed by atoms with E-state index in [1.807, 2.05) is 48.5 Å². The third-order valence-electron chi connectivity index (χ3n) is 2.51. The number of carbonyl (C=O) groups is 1. The van der Waals surface area contributed by atoms with E-state index >= 15 is 0 Å². The second-order valence-electron chi connectivity index (χ2n) is 4.09. The summed E-state index contributed by atoms with van der Waals surface area (Å²) >= 11 is 8.39. The highest BCUT2D eigenvalue weighted by molar-refractivity contribution is 9.10. The topological polar surface area (TPSA) is 17.1 Å². The number of Topliss-reactive ketones (excluding diaryl/α,β-unsaturated/α-hetero) is 1. The van der Waals surface area contributed by atoms with Gasteiger partial charge in [-0.2, -0.15) is 0 Å². The predicted molar refractivity (Wildman–Crippen MR) is 87.7 cm³/mol. The van der Waals surface area contributed by atoms with E-state index in [4.69, 9.17) is 0 Å². The Hall–Kier alpha value is -0.580. The van der Waals surface area contributed by atoms with Crippen molar-refractivity contribution in [3.05, 3.63) is 63.0 Å². The number of benzene rings is 2. The van der Waals surface area contributed by atoms with Crippen molar-refractivity contribution in [3.63, 3.8) is 0 Å². The zero-order chi connectivity index (χ0) is 13.7. The summed E-state index contributed by atoms with van der Waals surface area (Å²) in [5, 5.41) is 0. The van der Waals surface area contributed by atoms with Crippen molar-refractivity contribution in [3.8, 4) is 0 Å². The van der Waals surface area contributed by atoms with Gasteiger partial charge in [0.15, 0.2) is 0 Å². The Morgan fingerprint density at radius 1 is 1.00 bits per heavy atom. The number of halogens is 2. The molecule has 0 unspecified atom stereocenters. The summed E-state index contributed by atoms with van der Waals surface area (Å²) in [6, 6.07) is 15.9. The third-order valence-corrected chi connectivity index (χ3v) is 4.59. The second kappa shape index (κ2) is 7.27. The van der Waals surface area contributed by atoms with Crippen molar-refractivity contribution in [2.24, 2.45) is 0 Å². The molecule has 0 fully saturated rings. The van der Waals surface area contributed by atoms with Crippen LogP contribution in [-0.2, 0) is 11.2 Å². The molecule has 0 amide bonds. The van der Waals surface area contributed by atoms with Crippen LogP contribution >= 0.6 is 43.6 Å². The average Bonchev–Trinajstić information content (AvgIpc) is 2.39. The first kappa shape index (κ1) is 14.8. The quantitative estimate of drug-likeness (QED) is 0.649. The third kappa shape index (κ3) is 5.13. The summed E-state index contributed by atoms with van der Waals surface area (Å²) in [6.45, 7) is 0. The van der Waals surface area contributed by atoms with Gasteiger partial charge in [0.05, 0.1) is 5.75 Å². The summed E-state index contributed by atoms with van der Waals surface area (Å²) in [5.41, 5.74) is 1.06. The first-order chi connectivity index (χ1) is 9.13. The minimum absolute atomic E-state index is 0.243. The van der Waals surface area contributed by atoms with Gasteiger partial charge >= 0.3 is 0 Å². The highest BCUT2D eigenvalue weighted by Crippen LogP contribution is 2.22. The maximum Gasteiger partial charge on any atom is 0.147 e. The molecule has 0 bridgehead atoms. The Labute approximate surface area is 134 Å². The zero-order valence-corrected chi connectivity index (χ0v) is 14.1. The summed E-state index contributed by atoms with van der Waals surface area (Å²) < 4.78 is 2.07. The van der Waals surface area contributed by atoms with Gasteiger partial charge in [-0.25, -0.2) is 0 Å². The van der Waals surface area contributed by atoms with E-state index < -0.39 is 0 Å². The summed E-state index contributed by atoms with van der Waals surface area (Å²) in [5.74, 6) is 0.749. The lowest BCUT2D eigenvalue weighted by Gasteiger charge is -2.03. The van der Waals surface area contributed by atoms with Gasteiger partial charge in [-0.15, -0.1) is 11.8 Å². The fourth-order valence-corrected chi connectivity index (χ4v) is 3.23. The van der Waals surface area contributed by atoms with Gasteiger partial charge in [-0.3, -0.25) is 4.79 Å². The highest BCUT2D eigenvalue weighted by atomic mass is 79.9. The largest absolute Gasteiger partial charge is 0.298 e. The van der Waals surface area contributed by atoms with Crippen LogP contribution in [0.3, 0.4) is 0 Å². The minimum atomic E-state index is 0.243. The van der Waals surface area contributed by atoms with Crippen LogP contribution in [0.25, 0.3) is 0 Å². The van der Waals surface area contributed by atoms with Gasteiger partial charge in [-0.05, 0) is 35.9 Å². The van der Waals surface area contributed by atoms with Crippen molar-refractivity contribution in [2.75, 3.05) is 5.75 Å². The van der Waals surface area contributed by atoms with Gasteiger partial charge in [0, 0.05) is 20.3 Å². The van der Waals surface area contributed by atoms with Crippen molar-refractivity contribution >= 4 is 49.4 Å². The van der Waals surface area contributed by atoms with E-state index in [2.05, 4.69) is 31.9 Å². The van der Waals surface area contributed by atoms with Crippen LogP contribution in [0.15, 0.2) is 62.4 Å². The summed E-state index contributed by atoms with van der Waals surface area (Å²) in [7, 11) is 0. The van der Waals surface area contributed by atoms with Crippen molar-refractivity contribution < 1.29 is 4.79 Å². The molecule has 0 aromatic heterocycles. The lowest BCUT2D eigenvalue weighted by atomic mass is 10.1. The molecule has 0 saturated carbocycles. The van der Waals surface area contributed by atoms with Crippen LogP contribution in [0, 0.1) is 0 Å². The molecule has 2 aromatic carbocycles. The zero-order valence-electron chi connectivity index (χ0n) is 10.1. The number of hydrogen-bond donors (Lipinski definition) is 0. The normalized spacial score (nSPS) is 10.4. The average molecular weight is 400 g/mol. The second-order valence-corrected chi connectivity index (χ2v) is 6.97. The monoisotopic (exact) mass is 398 g/mol. The number of rotatable bonds is 5. The van der Waals surface area contributed by atoms with Gasteiger partial charge in [0.1, 0.15) is 5.78 Å². The SMILES string of the molecule is O=C(CSc1cccc(Br)c1)Cc1ccc(Br)cc1.